The van der Waals surface area contributed by atoms with Crippen LogP contribution in [0.15, 0.2) is 32.9 Å². The molecule has 1 aliphatic carbocycles. The lowest BCUT2D eigenvalue weighted by molar-refractivity contribution is -0.126. The monoisotopic (exact) mass is 374 g/mol. The number of nitrogens with one attached hydrogen (secondary N) is 1. The third-order valence-electron chi connectivity index (χ3n) is 4.62. The SMILES string of the molecule is C=N/C(NC1(C)CC1)=C(\CC)C(C(=O)N(C)Cc1nc(C)cs1)=C(C)C. The number of allylic oxidation sites excluding steroid dienone is 1. The molecular formula is C20H30N4OS. The van der Waals surface area contributed by atoms with E-state index in [9.17, 15) is 4.79 Å². The molecule has 1 aromatic rings. The topological polar surface area (TPSA) is 57.6 Å². The minimum atomic E-state index is -0.00129. The van der Waals surface area contributed by atoms with Crippen molar-refractivity contribution in [1.82, 2.24) is 15.2 Å². The predicted octanol–water partition coefficient (Wildman–Crippen LogP) is 4.21. The van der Waals surface area contributed by atoms with Crippen LogP contribution in [-0.4, -0.2) is 35.1 Å². The van der Waals surface area contributed by atoms with E-state index in [1.54, 1.807) is 16.2 Å². The molecule has 5 nitrogen and oxygen atoms in total. The van der Waals surface area contributed by atoms with E-state index in [1.807, 2.05) is 33.2 Å². The number of amides is 1. The Balaban J connectivity index is 2.31. The zero-order chi connectivity index (χ0) is 19.5. The Kier molecular flexibility index (Phi) is 6.39. The van der Waals surface area contributed by atoms with E-state index in [0.717, 1.165) is 46.1 Å². The Morgan fingerprint density at radius 1 is 1.46 bits per heavy atom. The number of carbonyl (C=O) groups excluding carboxylic acids is 1. The first-order valence-corrected chi connectivity index (χ1v) is 9.91. The van der Waals surface area contributed by atoms with Gasteiger partial charge in [0.25, 0.3) is 5.91 Å². The minimum Gasteiger partial charge on any atom is -0.365 e. The number of aromatic nitrogens is 1. The molecule has 0 atom stereocenters. The van der Waals surface area contributed by atoms with Crippen LogP contribution >= 0.6 is 11.3 Å². The zero-order valence-electron chi connectivity index (χ0n) is 16.8. The van der Waals surface area contributed by atoms with E-state index < -0.39 is 0 Å². The Bertz CT molecular complexity index is 752. The molecule has 2 rings (SSSR count). The molecule has 1 amide bonds. The largest absolute Gasteiger partial charge is 0.365 e. The summed E-state index contributed by atoms with van der Waals surface area (Å²) >= 11 is 1.58. The Morgan fingerprint density at radius 3 is 2.54 bits per heavy atom. The van der Waals surface area contributed by atoms with Crippen molar-refractivity contribution < 1.29 is 4.79 Å². The Hall–Kier alpha value is -1.95. The molecular weight excluding hydrogens is 344 g/mol. The maximum Gasteiger partial charge on any atom is 0.254 e. The summed E-state index contributed by atoms with van der Waals surface area (Å²) in [5.41, 5.74) is 3.71. The zero-order valence-corrected chi connectivity index (χ0v) is 17.6. The first-order valence-electron chi connectivity index (χ1n) is 9.03. The minimum absolute atomic E-state index is 0.00129. The second-order valence-electron chi connectivity index (χ2n) is 7.44. The summed E-state index contributed by atoms with van der Waals surface area (Å²) < 4.78 is 0. The van der Waals surface area contributed by atoms with Gasteiger partial charge < -0.3 is 10.2 Å². The first kappa shape index (κ1) is 20.4. The molecule has 0 aliphatic heterocycles. The van der Waals surface area contributed by atoms with E-state index in [-0.39, 0.29) is 11.4 Å². The van der Waals surface area contributed by atoms with Gasteiger partial charge in [0, 0.05) is 34.8 Å². The molecule has 0 aromatic carbocycles. The summed E-state index contributed by atoms with van der Waals surface area (Å²) in [6.07, 6.45) is 2.95. The lowest BCUT2D eigenvalue weighted by Gasteiger charge is -2.23. The maximum atomic E-state index is 13.2. The summed E-state index contributed by atoms with van der Waals surface area (Å²) in [4.78, 5) is 23.6. The molecule has 1 saturated carbocycles. The molecule has 1 aromatic heterocycles. The molecule has 0 bridgehead atoms. The lowest BCUT2D eigenvalue weighted by atomic mass is 9.97. The molecule has 1 fully saturated rings. The standard InChI is InChI=1S/C20H30N4OS/c1-8-15(18(21-6)23-20(5)9-10-20)17(13(2)3)19(25)24(7)11-16-22-14(4)12-26-16/h12,23H,6,8-11H2,1-5,7H3/b18-15-. The van der Waals surface area contributed by atoms with E-state index in [0.29, 0.717) is 13.0 Å². The average molecular weight is 375 g/mol. The smallest absolute Gasteiger partial charge is 0.254 e. The molecule has 0 saturated heterocycles. The van der Waals surface area contributed by atoms with Gasteiger partial charge in [0.1, 0.15) is 10.8 Å². The highest BCUT2D eigenvalue weighted by Crippen LogP contribution is 2.37. The molecule has 0 radical (unpaired) electrons. The number of rotatable bonds is 8. The lowest BCUT2D eigenvalue weighted by Crippen LogP contribution is -2.32. The number of aliphatic imine (C=N–C) groups is 1. The first-order chi connectivity index (χ1) is 12.2. The number of hydrogen-bond acceptors (Lipinski definition) is 5. The van der Waals surface area contributed by atoms with Crippen molar-refractivity contribution in [3.8, 4) is 0 Å². The second-order valence-corrected chi connectivity index (χ2v) is 8.39. The van der Waals surface area contributed by atoms with E-state index >= 15 is 0 Å². The van der Waals surface area contributed by atoms with Crippen LogP contribution in [-0.2, 0) is 11.3 Å². The van der Waals surface area contributed by atoms with Crippen molar-refractivity contribution in [2.24, 2.45) is 4.99 Å². The van der Waals surface area contributed by atoms with Crippen LogP contribution in [0.5, 0.6) is 0 Å². The second kappa shape index (κ2) is 8.16. The molecule has 0 unspecified atom stereocenters. The number of likely N-dealkylation sites (N-methyl/N-ethyl adjacent to an activating group) is 1. The summed E-state index contributed by atoms with van der Waals surface area (Å²) in [6.45, 7) is 14.4. The van der Waals surface area contributed by atoms with Gasteiger partial charge in [0.15, 0.2) is 0 Å². The fourth-order valence-corrected chi connectivity index (χ4v) is 3.68. The van der Waals surface area contributed by atoms with E-state index in [1.165, 1.54) is 0 Å². The quantitative estimate of drug-likeness (QED) is 0.421. The van der Waals surface area contributed by atoms with E-state index in [4.69, 9.17) is 0 Å². The van der Waals surface area contributed by atoms with Crippen molar-refractivity contribution in [1.29, 1.82) is 0 Å². The molecule has 1 aliphatic rings. The third-order valence-corrected chi connectivity index (χ3v) is 5.57. The summed E-state index contributed by atoms with van der Waals surface area (Å²) in [6, 6.07) is 0. The molecule has 26 heavy (non-hydrogen) atoms. The van der Waals surface area contributed by atoms with E-state index in [2.05, 4.69) is 35.9 Å². The predicted molar refractivity (Wildman–Crippen MR) is 109 cm³/mol. The molecule has 6 heteroatoms. The Morgan fingerprint density at radius 2 is 2.12 bits per heavy atom. The van der Waals surface area contributed by atoms with Crippen LogP contribution in [0.1, 0.15) is 57.7 Å². The van der Waals surface area contributed by atoms with Crippen LogP contribution in [0.2, 0.25) is 0 Å². The fraction of sp³-hybridized carbons (Fsp3) is 0.550. The van der Waals surface area contributed by atoms with Gasteiger partial charge in [-0.3, -0.25) is 4.79 Å². The summed E-state index contributed by atoms with van der Waals surface area (Å²) in [7, 11) is 1.83. The molecule has 1 heterocycles. The van der Waals surface area contributed by atoms with Crippen molar-refractivity contribution in [3.05, 3.63) is 38.6 Å². The van der Waals surface area contributed by atoms with Gasteiger partial charge in [-0.2, -0.15) is 0 Å². The fourth-order valence-electron chi connectivity index (χ4n) is 2.86. The highest BCUT2D eigenvalue weighted by atomic mass is 32.1. The van der Waals surface area contributed by atoms with Gasteiger partial charge >= 0.3 is 0 Å². The maximum absolute atomic E-state index is 13.2. The van der Waals surface area contributed by atoms with Gasteiger partial charge in [-0.1, -0.05) is 12.5 Å². The molecule has 1 N–H and O–H groups in total. The van der Waals surface area contributed by atoms with Crippen molar-refractivity contribution in [3.63, 3.8) is 0 Å². The van der Waals surface area contributed by atoms with Gasteiger partial charge in [-0.15, -0.1) is 11.3 Å². The van der Waals surface area contributed by atoms with Crippen molar-refractivity contribution in [2.75, 3.05) is 7.05 Å². The van der Waals surface area contributed by atoms with Crippen LogP contribution in [0.25, 0.3) is 0 Å². The van der Waals surface area contributed by atoms with Crippen molar-refractivity contribution in [2.45, 2.75) is 66.0 Å². The van der Waals surface area contributed by atoms with Gasteiger partial charge in [0.2, 0.25) is 0 Å². The normalized spacial score (nSPS) is 15.8. The van der Waals surface area contributed by atoms with Crippen LogP contribution in [0.4, 0.5) is 0 Å². The number of thiazole rings is 1. The molecule has 142 valence electrons. The average Bonchev–Trinajstić information content (AvgIpc) is 3.17. The van der Waals surface area contributed by atoms with Crippen LogP contribution < -0.4 is 5.32 Å². The number of aryl methyl sites for hydroxylation is 1. The third kappa shape index (κ3) is 4.81. The van der Waals surface area contributed by atoms with Gasteiger partial charge in [-0.25, -0.2) is 9.98 Å². The summed E-state index contributed by atoms with van der Waals surface area (Å²) in [5.74, 6) is 0.731. The van der Waals surface area contributed by atoms with Gasteiger partial charge in [0.05, 0.1) is 6.54 Å². The number of hydrogen-bond donors (Lipinski definition) is 1. The van der Waals surface area contributed by atoms with Crippen LogP contribution in [0, 0.1) is 6.92 Å². The van der Waals surface area contributed by atoms with Gasteiger partial charge in [-0.05, 0) is 53.7 Å². The van der Waals surface area contributed by atoms with Crippen molar-refractivity contribution >= 4 is 24.0 Å². The highest BCUT2D eigenvalue weighted by Gasteiger charge is 2.38. The Labute approximate surface area is 160 Å². The highest BCUT2D eigenvalue weighted by molar-refractivity contribution is 7.09. The number of carbonyl (C=O) groups is 1. The molecule has 0 spiro atoms. The summed E-state index contributed by atoms with van der Waals surface area (Å²) in [5, 5.41) is 6.44. The number of nitrogens with zero attached hydrogens (tertiary/aromatic N) is 3. The van der Waals surface area contributed by atoms with Crippen LogP contribution in [0.3, 0.4) is 0 Å².